The van der Waals surface area contributed by atoms with Gasteiger partial charge < -0.3 is 14.5 Å². The van der Waals surface area contributed by atoms with Gasteiger partial charge in [-0.25, -0.2) is 0 Å². The number of furan rings is 1. The van der Waals surface area contributed by atoms with Crippen molar-refractivity contribution in [2.24, 2.45) is 0 Å². The minimum Gasteiger partial charge on any atom is -0.489 e. The van der Waals surface area contributed by atoms with Crippen LogP contribution in [0.3, 0.4) is 0 Å². The molecule has 5 heteroatoms. The first-order chi connectivity index (χ1) is 13.2. The van der Waals surface area contributed by atoms with Gasteiger partial charge in [-0.05, 0) is 31.0 Å². The molecule has 1 aliphatic rings. The van der Waals surface area contributed by atoms with Crippen molar-refractivity contribution < 1.29 is 13.9 Å². The third-order valence-electron chi connectivity index (χ3n) is 4.93. The van der Waals surface area contributed by atoms with Gasteiger partial charge >= 0.3 is 0 Å². The number of nitrogens with one attached hydrogen (secondary N) is 1. The Balaban J connectivity index is 1.49. The highest BCUT2D eigenvalue weighted by Crippen LogP contribution is 2.26. The summed E-state index contributed by atoms with van der Waals surface area (Å²) >= 11 is 0. The monoisotopic (exact) mass is 370 g/mol. The van der Waals surface area contributed by atoms with E-state index in [4.69, 9.17) is 9.15 Å². The molecule has 0 spiro atoms. The Labute approximate surface area is 161 Å². The second-order valence-electron chi connectivity index (χ2n) is 7.15. The highest BCUT2D eigenvalue weighted by atomic mass is 16.5. The Morgan fingerprint density at radius 1 is 1.26 bits per heavy atom. The lowest BCUT2D eigenvalue weighted by Gasteiger charge is -2.23. The summed E-state index contributed by atoms with van der Waals surface area (Å²) in [7, 11) is 0. The molecule has 1 atom stereocenters. The summed E-state index contributed by atoms with van der Waals surface area (Å²) in [6, 6.07) is 12.0. The topological polar surface area (TPSA) is 54.7 Å². The van der Waals surface area contributed by atoms with Crippen molar-refractivity contribution in [3.05, 3.63) is 54.0 Å². The lowest BCUT2D eigenvalue weighted by Crippen LogP contribution is -2.36. The van der Waals surface area contributed by atoms with Crippen LogP contribution in [-0.2, 0) is 17.8 Å². The smallest absolute Gasteiger partial charge is 0.221 e. The molecule has 27 heavy (non-hydrogen) atoms. The first-order valence-corrected chi connectivity index (χ1v) is 10.0. The summed E-state index contributed by atoms with van der Waals surface area (Å²) in [5.41, 5.74) is 1.20. The zero-order valence-corrected chi connectivity index (χ0v) is 16.2. The van der Waals surface area contributed by atoms with Crippen molar-refractivity contribution in [1.82, 2.24) is 10.2 Å². The third-order valence-corrected chi connectivity index (χ3v) is 4.93. The van der Waals surface area contributed by atoms with E-state index >= 15 is 0 Å². The molecule has 3 rings (SSSR count). The van der Waals surface area contributed by atoms with Crippen LogP contribution in [0.5, 0.6) is 5.75 Å². The molecular formula is C22H30N2O3. The molecule has 1 unspecified atom stereocenters. The molecule has 2 heterocycles. The number of carbonyl (C=O) groups is 1. The molecule has 0 saturated heterocycles. The fourth-order valence-corrected chi connectivity index (χ4v) is 3.44. The molecule has 1 aromatic carbocycles. The fourth-order valence-electron chi connectivity index (χ4n) is 3.44. The SMILES string of the molecule is CCCCC1CN(CCC(=O)NCCc2ccco2)Cc2ccccc2O1. The number of ether oxygens (including phenoxy) is 1. The second-order valence-corrected chi connectivity index (χ2v) is 7.15. The Morgan fingerprint density at radius 3 is 2.96 bits per heavy atom. The summed E-state index contributed by atoms with van der Waals surface area (Å²) in [6.07, 6.45) is 6.45. The minimum atomic E-state index is 0.0881. The van der Waals surface area contributed by atoms with Gasteiger partial charge in [0.1, 0.15) is 17.6 Å². The molecule has 1 N–H and O–H groups in total. The largest absolute Gasteiger partial charge is 0.489 e. The Morgan fingerprint density at radius 2 is 2.15 bits per heavy atom. The highest BCUT2D eigenvalue weighted by molar-refractivity contribution is 5.76. The van der Waals surface area contributed by atoms with E-state index in [9.17, 15) is 4.79 Å². The summed E-state index contributed by atoms with van der Waals surface area (Å²) < 4.78 is 11.5. The zero-order chi connectivity index (χ0) is 18.9. The van der Waals surface area contributed by atoms with Crippen LogP contribution in [0.25, 0.3) is 0 Å². The number of unbranched alkanes of at least 4 members (excludes halogenated alkanes) is 1. The van der Waals surface area contributed by atoms with Gasteiger partial charge in [-0.3, -0.25) is 9.69 Å². The van der Waals surface area contributed by atoms with Gasteiger partial charge in [0.25, 0.3) is 0 Å². The van der Waals surface area contributed by atoms with Crippen molar-refractivity contribution in [2.75, 3.05) is 19.6 Å². The molecule has 146 valence electrons. The van der Waals surface area contributed by atoms with Crippen LogP contribution in [0, 0.1) is 0 Å². The van der Waals surface area contributed by atoms with Gasteiger partial charge in [0.05, 0.1) is 6.26 Å². The van der Waals surface area contributed by atoms with E-state index in [0.717, 1.165) is 50.4 Å². The predicted octanol–water partition coefficient (Wildman–Crippen LogP) is 3.78. The first-order valence-electron chi connectivity index (χ1n) is 10.0. The Hall–Kier alpha value is -2.27. The van der Waals surface area contributed by atoms with Crippen molar-refractivity contribution >= 4 is 5.91 Å². The van der Waals surface area contributed by atoms with Gasteiger partial charge in [0.15, 0.2) is 0 Å². The Kier molecular flexibility index (Phi) is 7.34. The number of hydrogen-bond donors (Lipinski definition) is 1. The normalized spacial score (nSPS) is 17.0. The standard InChI is InChI=1S/C22H30N2O3/c1-2-3-8-20-17-24(16-18-7-4-5-10-21(18)27-20)14-12-22(25)23-13-11-19-9-6-15-26-19/h4-7,9-10,15,20H,2-3,8,11-14,16-17H2,1H3,(H,23,25). The maximum Gasteiger partial charge on any atom is 0.221 e. The molecule has 0 radical (unpaired) electrons. The van der Waals surface area contributed by atoms with E-state index in [1.54, 1.807) is 6.26 Å². The zero-order valence-electron chi connectivity index (χ0n) is 16.2. The van der Waals surface area contributed by atoms with E-state index in [-0.39, 0.29) is 12.0 Å². The number of fused-ring (bicyclic) bond motifs is 1. The van der Waals surface area contributed by atoms with Crippen LogP contribution in [0.15, 0.2) is 47.1 Å². The first kappa shape index (κ1) is 19.5. The van der Waals surface area contributed by atoms with Crippen LogP contribution in [0.2, 0.25) is 0 Å². The number of carbonyl (C=O) groups excluding carboxylic acids is 1. The van der Waals surface area contributed by atoms with Crippen LogP contribution >= 0.6 is 0 Å². The summed E-state index contributed by atoms with van der Waals surface area (Å²) in [4.78, 5) is 14.5. The second kappa shape index (κ2) is 10.2. The van der Waals surface area contributed by atoms with Crippen molar-refractivity contribution in [3.63, 3.8) is 0 Å². The number of hydrogen-bond acceptors (Lipinski definition) is 4. The number of para-hydroxylation sites is 1. The highest BCUT2D eigenvalue weighted by Gasteiger charge is 2.22. The van der Waals surface area contributed by atoms with E-state index in [1.165, 1.54) is 12.0 Å². The van der Waals surface area contributed by atoms with E-state index < -0.39 is 0 Å². The fraction of sp³-hybridized carbons (Fsp3) is 0.500. The van der Waals surface area contributed by atoms with Crippen LogP contribution in [-0.4, -0.2) is 36.5 Å². The molecule has 1 amide bonds. The lowest BCUT2D eigenvalue weighted by molar-refractivity contribution is -0.121. The third kappa shape index (κ3) is 6.14. The quantitative estimate of drug-likeness (QED) is 0.730. The van der Waals surface area contributed by atoms with Gasteiger partial charge in [-0.15, -0.1) is 0 Å². The number of amides is 1. The van der Waals surface area contributed by atoms with Crippen LogP contribution < -0.4 is 10.1 Å². The molecule has 1 aliphatic heterocycles. The predicted molar refractivity (Wildman–Crippen MR) is 106 cm³/mol. The van der Waals surface area contributed by atoms with Gasteiger partial charge in [-0.2, -0.15) is 0 Å². The molecule has 0 fully saturated rings. The number of benzene rings is 1. The van der Waals surface area contributed by atoms with E-state index in [1.807, 2.05) is 24.3 Å². The minimum absolute atomic E-state index is 0.0881. The number of nitrogens with zero attached hydrogens (tertiary/aromatic N) is 1. The van der Waals surface area contributed by atoms with Gasteiger partial charge in [0, 0.05) is 44.6 Å². The van der Waals surface area contributed by atoms with Crippen LogP contribution in [0.1, 0.15) is 43.9 Å². The van der Waals surface area contributed by atoms with Crippen molar-refractivity contribution in [2.45, 2.75) is 51.7 Å². The molecule has 0 bridgehead atoms. The van der Waals surface area contributed by atoms with Gasteiger partial charge in [0.2, 0.25) is 5.91 Å². The average Bonchev–Trinajstić information content (AvgIpc) is 3.12. The molecule has 0 saturated carbocycles. The number of rotatable bonds is 9. The lowest BCUT2D eigenvalue weighted by atomic mass is 10.1. The Bertz CT molecular complexity index is 699. The maximum absolute atomic E-state index is 12.2. The summed E-state index contributed by atoms with van der Waals surface area (Å²) in [5.74, 6) is 1.98. The average molecular weight is 370 g/mol. The maximum atomic E-state index is 12.2. The molecule has 0 aliphatic carbocycles. The van der Waals surface area contributed by atoms with Gasteiger partial charge in [-0.1, -0.05) is 31.5 Å². The van der Waals surface area contributed by atoms with Crippen LogP contribution in [0.4, 0.5) is 0 Å². The molecule has 2 aromatic rings. The van der Waals surface area contributed by atoms with E-state index in [0.29, 0.717) is 13.0 Å². The van der Waals surface area contributed by atoms with E-state index in [2.05, 4.69) is 29.3 Å². The van der Waals surface area contributed by atoms with Crippen molar-refractivity contribution in [1.29, 1.82) is 0 Å². The molecule has 1 aromatic heterocycles. The van der Waals surface area contributed by atoms with Crippen molar-refractivity contribution in [3.8, 4) is 5.75 Å². The molecule has 5 nitrogen and oxygen atoms in total. The summed E-state index contributed by atoms with van der Waals surface area (Å²) in [5, 5.41) is 2.98. The molecular weight excluding hydrogens is 340 g/mol. The summed E-state index contributed by atoms with van der Waals surface area (Å²) in [6.45, 7) is 5.26.